The molecule has 0 fully saturated rings. The number of amidine groups is 1. The Bertz CT molecular complexity index is 716. The lowest BCUT2D eigenvalue weighted by Crippen LogP contribution is -2.17. The summed E-state index contributed by atoms with van der Waals surface area (Å²) < 4.78 is 13.5. The lowest BCUT2D eigenvalue weighted by molar-refractivity contribution is 0.102. The summed E-state index contributed by atoms with van der Waals surface area (Å²) in [6.07, 6.45) is 1.58. The quantitative estimate of drug-likeness (QED) is 0.347. The van der Waals surface area contributed by atoms with Crippen LogP contribution in [0.1, 0.15) is 21.6 Å². The first-order valence-electron chi connectivity index (χ1n) is 6.03. The lowest BCUT2D eigenvalue weighted by atomic mass is 10.1. The van der Waals surface area contributed by atoms with E-state index in [0.717, 1.165) is 6.07 Å². The fourth-order valence-electron chi connectivity index (χ4n) is 1.78. The molecule has 0 saturated carbocycles. The van der Waals surface area contributed by atoms with E-state index >= 15 is 0 Å². The van der Waals surface area contributed by atoms with Gasteiger partial charge in [0.2, 0.25) is 0 Å². The molecular formula is C14H13FN4O2. The molecule has 1 amide bonds. The number of nitrogens with two attached hydrogens (primary N) is 1. The second-order valence-electron chi connectivity index (χ2n) is 4.27. The van der Waals surface area contributed by atoms with E-state index < -0.39 is 5.82 Å². The Balaban J connectivity index is 2.28. The lowest BCUT2D eigenvalue weighted by Gasteiger charge is -2.09. The minimum atomic E-state index is -0.652. The molecule has 0 atom stereocenters. The number of oxime groups is 1. The molecule has 6 nitrogen and oxygen atoms in total. The van der Waals surface area contributed by atoms with Crippen LogP contribution in [-0.2, 0) is 0 Å². The number of benzene rings is 1. The average molecular weight is 288 g/mol. The molecule has 0 unspecified atom stereocenters. The molecule has 2 aromatic rings. The zero-order chi connectivity index (χ0) is 15.4. The SMILES string of the molecule is Cc1ncccc1C(=O)Nc1ccc(F)c(/C(N)=N/O)c1. The topological polar surface area (TPSA) is 101 Å². The number of halogens is 1. The van der Waals surface area contributed by atoms with Crippen molar-refractivity contribution in [2.75, 3.05) is 5.32 Å². The molecule has 2 rings (SSSR count). The number of rotatable bonds is 3. The summed E-state index contributed by atoms with van der Waals surface area (Å²) in [5.74, 6) is -1.40. The number of hydrogen-bond donors (Lipinski definition) is 3. The zero-order valence-corrected chi connectivity index (χ0v) is 11.2. The van der Waals surface area contributed by atoms with Crippen LogP contribution in [0.4, 0.5) is 10.1 Å². The van der Waals surface area contributed by atoms with Crippen molar-refractivity contribution in [3.8, 4) is 0 Å². The van der Waals surface area contributed by atoms with Gasteiger partial charge < -0.3 is 16.3 Å². The average Bonchev–Trinajstić information content (AvgIpc) is 2.48. The molecule has 0 saturated heterocycles. The van der Waals surface area contributed by atoms with Crippen molar-refractivity contribution in [2.24, 2.45) is 10.9 Å². The van der Waals surface area contributed by atoms with E-state index in [2.05, 4.69) is 15.5 Å². The van der Waals surface area contributed by atoms with Gasteiger partial charge in [-0.1, -0.05) is 5.16 Å². The maximum absolute atomic E-state index is 13.5. The van der Waals surface area contributed by atoms with Gasteiger partial charge in [0.25, 0.3) is 5.91 Å². The Kier molecular flexibility index (Phi) is 4.13. The molecule has 4 N–H and O–H groups in total. The highest BCUT2D eigenvalue weighted by atomic mass is 19.1. The normalized spacial score (nSPS) is 11.2. The Hall–Kier alpha value is -2.96. The summed E-state index contributed by atoms with van der Waals surface area (Å²) >= 11 is 0. The van der Waals surface area contributed by atoms with Gasteiger partial charge in [0, 0.05) is 17.6 Å². The maximum atomic E-state index is 13.5. The standard InChI is InChI=1S/C14H13FN4O2/c1-8-10(3-2-6-17-8)14(20)18-9-4-5-12(15)11(7-9)13(16)19-21/h2-7,21H,1H3,(H2,16,19)(H,18,20). The van der Waals surface area contributed by atoms with Crippen LogP contribution >= 0.6 is 0 Å². The van der Waals surface area contributed by atoms with Crippen molar-refractivity contribution >= 4 is 17.4 Å². The van der Waals surface area contributed by atoms with Crippen molar-refractivity contribution in [1.82, 2.24) is 4.98 Å². The molecule has 21 heavy (non-hydrogen) atoms. The minimum absolute atomic E-state index is 0.0989. The van der Waals surface area contributed by atoms with Crippen molar-refractivity contribution in [1.29, 1.82) is 0 Å². The highest BCUT2D eigenvalue weighted by molar-refractivity contribution is 6.06. The molecule has 0 aliphatic heterocycles. The molecule has 108 valence electrons. The first-order chi connectivity index (χ1) is 10.0. The van der Waals surface area contributed by atoms with Crippen molar-refractivity contribution in [2.45, 2.75) is 6.92 Å². The number of carbonyl (C=O) groups is 1. The third-order valence-electron chi connectivity index (χ3n) is 2.86. The zero-order valence-electron chi connectivity index (χ0n) is 11.2. The number of aryl methyl sites for hydroxylation is 1. The molecule has 7 heteroatoms. The summed E-state index contributed by atoms with van der Waals surface area (Å²) in [7, 11) is 0. The number of amides is 1. The smallest absolute Gasteiger partial charge is 0.257 e. The van der Waals surface area contributed by atoms with Gasteiger partial charge in [-0.05, 0) is 37.3 Å². The molecule has 0 spiro atoms. The first-order valence-corrected chi connectivity index (χ1v) is 6.03. The Morgan fingerprint density at radius 2 is 2.14 bits per heavy atom. The van der Waals surface area contributed by atoms with Crippen LogP contribution in [0, 0.1) is 12.7 Å². The molecule has 0 bridgehead atoms. The van der Waals surface area contributed by atoms with Crippen LogP contribution < -0.4 is 11.1 Å². The van der Waals surface area contributed by atoms with Gasteiger partial charge in [-0.3, -0.25) is 9.78 Å². The van der Waals surface area contributed by atoms with E-state index in [0.29, 0.717) is 16.9 Å². The molecular weight excluding hydrogens is 275 g/mol. The van der Waals surface area contributed by atoms with Gasteiger partial charge in [0.05, 0.1) is 11.1 Å². The van der Waals surface area contributed by atoms with Crippen LogP contribution in [0.5, 0.6) is 0 Å². The molecule has 0 aliphatic rings. The molecule has 0 aliphatic carbocycles. The van der Waals surface area contributed by atoms with Crippen LogP contribution in [0.2, 0.25) is 0 Å². The van der Waals surface area contributed by atoms with Gasteiger partial charge in [0.15, 0.2) is 5.84 Å². The van der Waals surface area contributed by atoms with Gasteiger partial charge in [0.1, 0.15) is 5.82 Å². The summed E-state index contributed by atoms with van der Waals surface area (Å²) in [5, 5.41) is 14.0. The fourth-order valence-corrected chi connectivity index (χ4v) is 1.78. The van der Waals surface area contributed by atoms with Gasteiger partial charge in [-0.2, -0.15) is 0 Å². The van der Waals surface area contributed by atoms with E-state index in [9.17, 15) is 9.18 Å². The predicted octanol–water partition coefficient (Wildman–Crippen LogP) is 1.88. The van der Waals surface area contributed by atoms with Crippen LogP contribution in [0.25, 0.3) is 0 Å². The second kappa shape index (κ2) is 6.00. The molecule has 0 radical (unpaired) electrons. The number of anilines is 1. The number of nitrogens with one attached hydrogen (secondary N) is 1. The molecule has 1 aromatic heterocycles. The highest BCUT2D eigenvalue weighted by Gasteiger charge is 2.12. The van der Waals surface area contributed by atoms with Crippen molar-refractivity contribution < 1.29 is 14.4 Å². The third kappa shape index (κ3) is 3.14. The monoisotopic (exact) mass is 288 g/mol. The summed E-state index contributed by atoms with van der Waals surface area (Å²) in [6.45, 7) is 1.71. The van der Waals surface area contributed by atoms with Gasteiger partial charge in [-0.25, -0.2) is 4.39 Å². The number of aromatic nitrogens is 1. The van der Waals surface area contributed by atoms with Crippen LogP contribution in [0.15, 0.2) is 41.7 Å². The Labute approximate surface area is 120 Å². The highest BCUT2D eigenvalue weighted by Crippen LogP contribution is 2.16. The van der Waals surface area contributed by atoms with E-state index in [4.69, 9.17) is 10.9 Å². The second-order valence-corrected chi connectivity index (χ2v) is 4.27. The minimum Gasteiger partial charge on any atom is -0.409 e. The van der Waals surface area contributed by atoms with Crippen molar-refractivity contribution in [3.63, 3.8) is 0 Å². The van der Waals surface area contributed by atoms with Crippen molar-refractivity contribution in [3.05, 3.63) is 59.2 Å². The van der Waals surface area contributed by atoms with Gasteiger partial charge >= 0.3 is 0 Å². The number of carbonyl (C=O) groups excluding carboxylic acids is 1. The fraction of sp³-hybridized carbons (Fsp3) is 0.0714. The third-order valence-corrected chi connectivity index (χ3v) is 2.86. The number of hydrogen-bond acceptors (Lipinski definition) is 4. The van der Waals surface area contributed by atoms with Crippen LogP contribution in [-0.4, -0.2) is 21.9 Å². The summed E-state index contributed by atoms with van der Waals surface area (Å²) in [5.41, 5.74) is 6.58. The maximum Gasteiger partial charge on any atom is 0.257 e. The first kappa shape index (κ1) is 14.4. The summed E-state index contributed by atoms with van der Waals surface area (Å²) in [6, 6.07) is 7.07. The van der Waals surface area contributed by atoms with E-state index in [1.807, 2.05) is 0 Å². The largest absolute Gasteiger partial charge is 0.409 e. The van der Waals surface area contributed by atoms with E-state index in [1.54, 1.807) is 25.3 Å². The molecule has 1 heterocycles. The Morgan fingerprint density at radius 3 is 2.81 bits per heavy atom. The number of pyridine rings is 1. The van der Waals surface area contributed by atoms with E-state index in [1.165, 1.54) is 12.1 Å². The Morgan fingerprint density at radius 1 is 1.38 bits per heavy atom. The number of nitrogens with zero attached hydrogens (tertiary/aromatic N) is 2. The predicted molar refractivity (Wildman–Crippen MR) is 75.8 cm³/mol. The van der Waals surface area contributed by atoms with E-state index in [-0.39, 0.29) is 17.3 Å². The summed E-state index contributed by atoms with van der Waals surface area (Å²) in [4.78, 5) is 16.1. The molecule has 1 aromatic carbocycles. The van der Waals surface area contributed by atoms with Crippen LogP contribution in [0.3, 0.4) is 0 Å². The van der Waals surface area contributed by atoms with Gasteiger partial charge in [-0.15, -0.1) is 0 Å².